The van der Waals surface area contributed by atoms with E-state index in [4.69, 9.17) is 21.3 Å². The van der Waals surface area contributed by atoms with Gasteiger partial charge in [-0.3, -0.25) is 0 Å². The first-order valence-corrected chi connectivity index (χ1v) is 4.44. The molecule has 0 unspecified atom stereocenters. The summed E-state index contributed by atoms with van der Waals surface area (Å²) in [6, 6.07) is 5.60. The zero-order chi connectivity index (χ0) is 10.1. The van der Waals surface area contributed by atoms with Crippen molar-refractivity contribution in [3.8, 4) is 17.5 Å². The molecule has 0 aliphatic carbocycles. The molecule has 0 saturated heterocycles. The number of aryl methyl sites for hydroxylation is 1. The van der Waals surface area contributed by atoms with E-state index >= 15 is 0 Å². The van der Waals surface area contributed by atoms with Crippen molar-refractivity contribution in [3.63, 3.8) is 0 Å². The number of furan rings is 1. The van der Waals surface area contributed by atoms with Crippen LogP contribution in [0, 0.1) is 18.3 Å². The molecule has 0 spiro atoms. The molecule has 0 fully saturated rings. The molecule has 14 heavy (non-hydrogen) atoms. The van der Waals surface area contributed by atoms with Gasteiger partial charge in [0.05, 0.1) is 16.8 Å². The van der Waals surface area contributed by atoms with Crippen LogP contribution in [0.4, 0.5) is 0 Å². The summed E-state index contributed by atoms with van der Waals surface area (Å²) in [6.45, 7) is 1.80. The van der Waals surface area contributed by atoms with Gasteiger partial charge in [-0.05, 0) is 19.1 Å². The first-order valence-electron chi connectivity index (χ1n) is 4.06. The lowest BCUT2D eigenvalue weighted by atomic mass is 10.2. The minimum atomic E-state index is 0.417. The molecule has 70 valence electrons. The van der Waals surface area contributed by atoms with Crippen LogP contribution in [0.5, 0.6) is 0 Å². The highest BCUT2D eigenvalue weighted by atomic mass is 35.5. The fourth-order valence-corrected chi connectivity index (χ4v) is 1.64. The highest BCUT2D eigenvalue weighted by molar-refractivity contribution is 6.34. The maximum absolute atomic E-state index is 8.83. The number of aromatic amines is 1. The van der Waals surface area contributed by atoms with Crippen LogP contribution in [0.25, 0.3) is 11.5 Å². The lowest BCUT2D eigenvalue weighted by molar-refractivity contribution is 0.580. The minimum absolute atomic E-state index is 0.417. The monoisotopic (exact) mass is 206 g/mol. The van der Waals surface area contributed by atoms with E-state index in [0.29, 0.717) is 22.0 Å². The Balaban J connectivity index is 2.63. The van der Waals surface area contributed by atoms with E-state index in [9.17, 15) is 0 Å². The molecule has 0 aromatic carbocycles. The number of H-pyrrole nitrogens is 1. The summed E-state index contributed by atoms with van der Waals surface area (Å²) in [4.78, 5) is 3.02. The van der Waals surface area contributed by atoms with Gasteiger partial charge in [0.2, 0.25) is 0 Å². The summed E-state index contributed by atoms with van der Waals surface area (Å²) in [5, 5.41) is 9.24. The Morgan fingerprint density at radius 1 is 1.57 bits per heavy atom. The third-order valence-electron chi connectivity index (χ3n) is 2.01. The van der Waals surface area contributed by atoms with Gasteiger partial charge in [-0.15, -0.1) is 0 Å². The summed E-state index contributed by atoms with van der Waals surface area (Å²) < 4.78 is 5.19. The molecule has 2 heterocycles. The number of nitrogens with one attached hydrogen (secondary N) is 1. The third kappa shape index (κ3) is 1.21. The summed E-state index contributed by atoms with van der Waals surface area (Å²) in [5.41, 5.74) is 1.88. The first kappa shape index (κ1) is 8.92. The van der Waals surface area contributed by atoms with Gasteiger partial charge in [0, 0.05) is 5.69 Å². The van der Waals surface area contributed by atoms with Crippen molar-refractivity contribution in [2.24, 2.45) is 0 Å². The average molecular weight is 207 g/mol. The van der Waals surface area contributed by atoms with Gasteiger partial charge in [-0.25, -0.2) is 0 Å². The Hall–Kier alpha value is -1.66. The molecule has 2 aromatic heterocycles. The lowest BCUT2D eigenvalue weighted by Gasteiger charge is -1.91. The molecule has 1 N–H and O–H groups in total. The van der Waals surface area contributed by atoms with Crippen molar-refractivity contribution >= 4 is 11.6 Å². The fourth-order valence-electron chi connectivity index (χ4n) is 1.32. The van der Waals surface area contributed by atoms with Crippen LogP contribution >= 0.6 is 11.6 Å². The number of nitrogens with zero attached hydrogens (tertiary/aromatic N) is 1. The second-order valence-electron chi connectivity index (χ2n) is 2.90. The van der Waals surface area contributed by atoms with Gasteiger partial charge >= 0.3 is 0 Å². The Kier molecular flexibility index (Phi) is 2.06. The van der Waals surface area contributed by atoms with E-state index in [0.717, 1.165) is 5.69 Å². The molecule has 0 aliphatic rings. The quantitative estimate of drug-likeness (QED) is 0.780. The Morgan fingerprint density at radius 3 is 2.86 bits per heavy atom. The van der Waals surface area contributed by atoms with Gasteiger partial charge < -0.3 is 9.40 Å². The highest BCUT2D eigenvalue weighted by Crippen LogP contribution is 2.31. The zero-order valence-electron chi connectivity index (χ0n) is 7.47. The molecular formula is C10H7ClN2O. The Bertz CT molecular complexity index is 491. The number of rotatable bonds is 1. The van der Waals surface area contributed by atoms with Crippen molar-refractivity contribution < 1.29 is 4.42 Å². The van der Waals surface area contributed by atoms with Crippen molar-refractivity contribution in [2.45, 2.75) is 6.92 Å². The summed E-state index contributed by atoms with van der Waals surface area (Å²) >= 11 is 6.01. The van der Waals surface area contributed by atoms with Crippen molar-refractivity contribution in [2.75, 3.05) is 0 Å². The fraction of sp³-hybridized carbons (Fsp3) is 0.100. The van der Waals surface area contributed by atoms with Crippen LogP contribution < -0.4 is 0 Å². The predicted octanol–water partition coefficient (Wildman–Crippen LogP) is 3.11. The lowest BCUT2D eigenvalue weighted by Crippen LogP contribution is -1.74. The molecule has 0 saturated carbocycles. The van der Waals surface area contributed by atoms with E-state index in [2.05, 4.69) is 4.98 Å². The number of hydrogen-bond acceptors (Lipinski definition) is 2. The van der Waals surface area contributed by atoms with Gasteiger partial charge in [0.15, 0.2) is 5.76 Å². The molecule has 2 aromatic rings. The molecule has 2 rings (SSSR count). The van der Waals surface area contributed by atoms with Crippen molar-refractivity contribution in [1.82, 2.24) is 4.98 Å². The second kappa shape index (κ2) is 3.24. The van der Waals surface area contributed by atoms with E-state index < -0.39 is 0 Å². The summed E-state index contributed by atoms with van der Waals surface area (Å²) in [5.74, 6) is 0.639. The normalized spacial score (nSPS) is 10.1. The maximum atomic E-state index is 8.83. The SMILES string of the molecule is Cc1[nH]c(-c2ccco2)c(Cl)c1C#N. The predicted molar refractivity (Wildman–Crippen MR) is 53.0 cm³/mol. The van der Waals surface area contributed by atoms with Crippen LogP contribution in [-0.2, 0) is 0 Å². The van der Waals surface area contributed by atoms with Crippen molar-refractivity contribution in [3.05, 3.63) is 34.7 Å². The number of hydrogen-bond donors (Lipinski definition) is 1. The summed E-state index contributed by atoms with van der Waals surface area (Å²) in [6.07, 6.45) is 1.56. The number of nitriles is 1. The van der Waals surface area contributed by atoms with Crippen LogP contribution in [0.1, 0.15) is 11.3 Å². The zero-order valence-corrected chi connectivity index (χ0v) is 8.22. The van der Waals surface area contributed by atoms with Gasteiger partial charge in [-0.1, -0.05) is 11.6 Å². The van der Waals surface area contributed by atoms with E-state index in [1.54, 1.807) is 25.3 Å². The maximum Gasteiger partial charge on any atom is 0.151 e. The standard InChI is InChI=1S/C10H7ClN2O/c1-6-7(5-12)9(11)10(13-6)8-3-2-4-14-8/h2-4,13H,1H3. The van der Waals surface area contributed by atoms with Gasteiger partial charge in [0.1, 0.15) is 11.8 Å². The first-order chi connectivity index (χ1) is 6.74. The van der Waals surface area contributed by atoms with Crippen LogP contribution in [0.15, 0.2) is 22.8 Å². The molecule has 4 heteroatoms. The highest BCUT2D eigenvalue weighted by Gasteiger charge is 2.15. The molecule has 0 aliphatic heterocycles. The molecule has 0 atom stereocenters. The molecular weight excluding hydrogens is 200 g/mol. The van der Waals surface area contributed by atoms with Crippen LogP contribution in [0.2, 0.25) is 5.02 Å². The topological polar surface area (TPSA) is 52.7 Å². The van der Waals surface area contributed by atoms with Gasteiger partial charge in [0.25, 0.3) is 0 Å². The van der Waals surface area contributed by atoms with E-state index in [1.165, 1.54) is 0 Å². The molecule has 3 nitrogen and oxygen atoms in total. The average Bonchev–Trinajstić information content (AvgIpc) is 2.74. The Labute approximate surface area is 85.9 Å². The molecule has 0 bridgehead atoms. The Morgan fingerprint density at radius 2 is 2.36 bits per heavy atom. The molecule has 0 radical (unpaired) electrons. The summed E-state index contributed by atoms with van der Waals surface area (Å²) in [7, 11) is 0. The van der Waals surface area contributed by atoms with Crippen LogP contribution in [-0.4, -0.2) is 4.98 Å². The number of halogens is 1. The van der Waals surface area contributed by atoms with Crippen LogP contribution in [0.3, 0.4) is 0 Å². The van der Waals surface area contributed by atoms with E-state index in [1.807, 2.05) is 6.07 Å². The number of aromatic nitrogens is 1. The molecule has 0 amide bonds. The van der Waals surface area contributed by atoms with E-state index in [-0.39, 0.29) is 0 Å². The largest absolute Gasteiger partial charge is 0.463 e. The minimum Gasteiger partial charge on any atom is -0.463 e. The van der Waals surface area contributed by atoms with Crippen molar-refractivity contribution in [1.29, 1.82) is 5.26 Å². The van der Waals surface area contributed by atoms with Gasteiger partial charge in [-0.2, -0.15) is 5.26 Å². The smallest absolute Gasteiger partial charge is 0.151 e. The third-order valence-corrected chi connectivity index (χ3v) is 2.38. The second-order valence-corrected chi connectivity index (χ2v) is 3.28.